The van der Waals surface area contributed by atoms with Gasteiger partial charge in [0.05, 0.1) is 0 Å². The summed E-state index contributed by atoms with van der Waals surface area (Å²) in [7, 11) is 12.3. The van der Waals surface area contributed by atoms with Crippen LogP contribution in [0.3, 0.4) is 0 Å². The van der Waals surface area contributed by atoms with Gasteiger partial charge in [0.15, 0.2) is 0 Å². The Morgan fingerprint density at radius 3 is 1.20 bits per heavy atom. The van der Waals surface area contributed by atoms with Crippen LogP contribution in [0.25, 0.3) is 28.3 Å². The molecule has 0 saturated heterocycles. The minimum absolute atomic E-state index is 0. The average molecular weight is 905 g/mol. The van der Waals surface area contributed by atoms with Crippen LogP contribution < -0.4 is 24.8 Å². The van der Waals surface area contributed by atoms with Gasteiger partial charge in [-0.25, -0.2) is 0 Å². The number of benzene rings is 5. The van der Waals surface area contributed by atoms with Crippen molar-refractivity contribution in [3.05, 3.63) is 181 Å². The van der Waals surface area contributed by atoms with Crippen molar-refractivity contribution < 1.29 is 68.9 Å². The fourth-order valence-electron chi connectivity index (χ4n) is 8.33. The van der Waals surface area contributed by atoms with Crippen molar-refractivity contribution in [2.75, 3.05) is 0 Å². The summed E-state index contributed by atoms with van der Waals surface area (Å²) in [5.41, 5.74) is 18.6. The van der Waals surface area contributed by atoms with Gasteiger partial charge in [-0.2, -0.15) is 0 Å². The van der Waals surface area contributed by atoms with Gasteiger partial charge in [0.2, 0.25) is 0 Å². The molecule has 4 aliphatic rings. The molecule has 1 atom stereocenters. The fraction of sp³-hybridized carbons (Fsp3) is 0.200. The van der Waals surface area contributed by atoms with Crippen LogP contribution in [0.2, 0.25) is 0 Å². The number of fused-ring (bicyclic) bond motifs is 7. The smallest absolute Gasteiger partial charge is 0.0211 e. The molecule has 4 aliphatic carbocycles. The second-order valence-electron chi connectivity index (χ2n) is 13.9. The van der Waals surface area contributed by atoms with Crippen LogP contribution in [0.5, 0.6) is 0 Å². The van der Waals surface area contributed by atoms with E-state index in [4.69, 9.17) is 17.0 Å². The van der Waals surface area contributed by atoms with Gasteiger partial charge in [-0.15, -0.1) is 0 Å². The molecule has 0 fully saturated rings. The van der Waals surface area contributed by atoms with Crippen LogP contribution in [0.4, 0.5) is 0 Å². The zero-order valence-electron chi connectivity index (χ0n) is 29.4. The van der Waals surface area contributed by atoms with E-state index in [0.29, 0.717) is 15.5 Å². The number of halogens is 4. The Morgan fingerprint density at radius 2 is 0.882 bits per heavy atom. The Bertz CT molecular complexity index is 1980. The summed E-state index contributed by atoms with van der Waals surface area (Å²) in [6.07, 6.45) is 4.50. The monoisotopic (exact) mass is 900 g/mol. The maximum Gasteiger partial charge on any atom is 0.0211 e. The second kappa shape index (κ2) is 16.7. The van der Waals surface area contributed by atoms with E-state index in [1.54, 1.807) is 24.7 Å². The first-order valence-corrected chi connectivity index (χ1v) is 26.0. The van der Waals surface area contributed by atoms with Gasteiger partial charge >= 0.3 is 172 Å². The molecule has 5 aromatic carbocycles. The average Bonchev–Trinajstić information content (AvgIpc) is 3.80. The van der Waals surface area contributed by atoms with Gasteiger partial charge < -0.3 is 24.8 Å². The molecule has 0 aliphatic heterocycles. The first-order chi connectivity index (χ1) is 23.6. The molecular weight excluding hydrogens is 865 g/mol. The molecule has 6 heteroatoms. The summed E-state index contributed by atoms with van der Waals surface area (Å²) < 4.78 is 2.07. The fourth-order valence-corrected chi connectivity index (χ4v) is 16.5. The van der Waals surface area contributed by atoms with Crippen molar-refractivity contribution in [3.8, 4) is 22.3 Å². The predicted octanol–water partition coefficient (Wildman–Crippen LogP) is 7.48. The van der Waals surface area contributed by atoms with E-state index >= 15 is 0 Å². The molecule has 0 N–H and O–H groups in total. The summed E-state index contributed by atoms with van der Waals surface area (Å²) in [4.78, 5) is 0. The maximum atomic E-state index is 6.17. The Morgan fingerprint density at radius 1 is 0.529 bits per heavy atom. The van der Waals surface area contributed by atoms with E-state index in [1.807, 2.05) is 0 Å². The molecular formula is C45H40Cl4Zr2. The molecule has 0 bridgehead atoms. The van der Waals surface area contributed by atoms with E-state index in [2.05, 4.69) is 168 Å². The summed E-state index contributed by atoms with van der Waals surface area (Å²) in [6.45, 7) is 10.9. The van der Waals surface area contributed by atoms with Crippen molar-refractivity contribution in [2.45, 2.75) is 50.1 Å². The second-order valence-corrected chi connectivity index (χ2v) is 23.6. The van der Waals surface area contributed by atoms with Crippen LogP contribution in [-0.4, -0.2) is 0 Å². The normalized spacial score (nSPS) is 17.1. The van der Waals surface area contributed by atoms with Crippen molar-refractivity contribution in [1.29, 1.82) is 0 Å². The van der Waals surface area contributed by atoms with Crippen LogP contribution in [0, 0.1) is 5.41 Å². The molecule has 9 rings (SSSR count). The van der Waals surface area contributed by atoms with Crippen LogP contribution >= 0.6 is 17.0 Å². The third-order valence-electron chi connectivity index (χ3n) is 11.1. The molecule has 51 heavy (non-hydrogen) atoms. The maximum absolute atomic E-state index is 6.17. The topological polar surface area (TPSA) is 0 Å². The Hall–Kier alpha value is -1.75. The minimum atomic E-state index is -2.25. The number of hydrogen-bond acceptors (Lipinski definition) is 0. The SMILES string of the molecule is CC1=C(C)C(C)(C)[C]([Zr]([Cl])[Cl])=C1C.[Cl-].[Cl-].[Zr+2][CH]1C=Cc2ccccc21.c1ccc2c(c1)-c1ccccc1C2C1c2ccccc2-c2ccccc21. The summed E-state index contributed by atoms with van der Waals surface area (Å²) >= 11 is -0.659. The largest absolute Gasteiger partial charge is 0.0619 e. The van der Waals surface area contributed by atoms with Crippen LogP contribution in [0.1, 0.15) is 83.5 Å². The molecule has 0 heterocycles. The van der Waals surface area contributed by atoms with Crippen molar-refractivity contribution in [3.63, 3.8) is 0 Å². The van der Waals surface area contributed by atoms with Crippen LogP contribution in [-0.2, 0) is 44.1 Å². The molecule has 0 amide bonds. The summed E-state index contributed by atoms with van der Waals surface area (Å²) in [6, 6.07) is 44.4. The minimum Gasteiger partial charge on any atom is -0.0619 e. The molecule has 5 aromatic rings. The molecule has 0 aromatic heterocycles. The number of hydrogen-bond donors (Lipinski definition) is 0. The van der Waals surface area contributed by atoms with E-state index < -0.39 is 19.4 Å². The van der Waals surface area contributed by atoms with Gasteiger partial charge in [-0.05, 0) is 44.5 Å². The van der Waals surface area contributed by atoms with Gasteiger partial charge in [0.25, 0.3) is 0 Å². The van der Waals surface area contributed by atoms with Gasteiger partial charge in [-0.1, -0.05) is 97.1 Å². The molecule has 0 spiro atoms. The first kappa shape index (κ1) is 40.4. The molecule has 1 unspecified atom stereocenters. The Balaban J connectivity index is 0.000000170. The molecule has 0 radical (unpaired) electrons. The zero-order chi connectivity index (χ0) is 34.4. The summed E-state index contributed by atoms with van der Waals surface area (Å²) in [5.74, 6) is 0.763. The Labute approximate surface area is 346 Å². The van der Waals surface area contributed by atoms with Gasteiger partial charge in [-0.3, -0.25) is 0 Å². The molecule has 256 valence electrons. The zero-order valence-corrected chi connectivity index (χ0v) is 37.4. The Kier molecular flexibility index (Phi) is 13.3. The van der Waals surface area contributed by atoms with Crippen molar-refractivity contribution in [1.82, 2.24) is 0 Å². The quantitative estimate of drug-likeness (QED) is 0.173. The van der Waals surface area contributed by atoms with Crippen molar-refractivity contribution in [2.24, 2.45) is 5.41 Å². The first-order valence-electron chi connectivity index (χ1n) is 17.0. The summed E-state index contributed by atoms with van der Waals surface area (Å²) in [5, 5.41) is 0. The van der Waals surface area contributed by atoms with Crippen LogP contribution in [0.15, 0.2) is 147 Å². The molecule has 0 nitrogen and oxygen atoms in total. The van der Waals surface area contributed by atoms with E-state index in [0.717, 1.165) is 0 Å². The number of allylic oxidation sites excluding steroid dienone is 5. The third kappa shape index (κ3) is 7.38. The standard InChI is InChI=1S/C26H18.C10H15.C9H7.4ClH.2Zr/c1-5-13-21-17(9-1)18-10-2-6-14-22(18)25(21)26-23-15-7-3-11-19(23)20-12-4-8-16-24(20)26;1-7-6-10(4,5)9(3)8(7)2;1-2-5-9-7-3-6-8(9)4-1;;;;;;/h1-16,25-26H;1-5H3;1-7H;4*1H;;/q;;;;;;;2*+2/p-4. The van der Waals surface area contributed by atoms with Gasteiger partial charge in [0, 0.05) is 11.8 Å². The van der Waals surface area contributed by atoms with Crippen molar-refractivity contribution >= 4 is 23.1 Å². The van der Waals surface area contributed by atoms with E-state index in [-0.39, 0.29) is 30.2 Å². The van der Waals surface area contributed by atoms with Gasteiger partial charge in [0.1, 0.15) is 0 Å². The van der Waals surface area contributed by atoms with E-state index in [1.165, 1.54) is 75.6 Å². The number of rotatable bonds is 2. The molecule has 0 saturated carbocycles. The predicted molar refractivity (Wildman–Crippen MR) is 202 cm³/mol. The third-order valence-corrected chi connectivity index (χ3v) is 18.0. The van der Waals surface area contributed by atoms with E-state index in [9.17, 15) is 0 Å².